The minimum absolute atomic E-state index is 0.0306. The molecule has 0 bridgehead atoms. The zero-order valence-corrected chi connectivity index (χ0v) is 15.3. The van der Waals surface area contributed by atoms with Crippen LogP contribution in [-0.4, -0.2) is 10.9 Å². The summed E-state index contributed by atoms with van der Waals surface area (Å²) in [4.78, 5) is 20.2. The van der Waals surface area contributed by atoms with Gasteiger partial charge in [0, 0.05) is 16.6 Å². The van der Waals surface area contributed by atoms with Gasteiger partial charge in [-0.05, 0) is 36.1 Å². The number of halogens is 1. The molecule has 2 aliphatic rings. The normalized spacial score (nSPS) is 17.4. The van der Waals surface area contributed by atoms with E-state index in [0.717, 1.165) is 40.0 Å². The SMILES string of the molecule is CC1(C)C=C2c3c(nc4cccc(Cl)c4c3C(=O)N2c2ccccc2)C1. The minimum atomic E-state index is -0.0729. The number of para-hydroxylation sites is 1. The molecule has 0 unspecified atom stereocenters. The third-order valence-electron chi connectivity index (χ3n) is 5.11. The van der Waals surface area contributed by atoms with Gasteiger partial charge in [-0.3, -0.25) is 14.7 Å². The summed E-state index contributed by atoms with van der Waals surface area (Å²) in [6.07, 6.45) is 3.00. The number of carbonyl (C=O) groups excluding carboxylic acids is 1. The van der Waals surface area contributed by atoms with Crippen LogP contribution in [0.2, 0.25) is 5.02 Å². The highest BCUT2D eigenvalue weighted by Gasteiger charge is 2.42. The van der Waals surface area contributed by atoms with Crippen LogP contribution >= 0.6 is 11.6 Å². The third kappa shape index (κ3) is 2.07. The van der Waals surface area contributed by atoms with E-state index < -0.39 is 0 Å². The summed E-state index contributed by atoms with van der Waals surface area (Å²) in [5.74, 6) is -0.0306. The molecule has 0 fully saturated rings. The van der Waals surface area contributed by atoms with Crippen LogP contribution in [0, 0.1) is 5.41 Å². The highest BCUT2D eigenvalue weighted by molar-refractivity contribution is 6.39. The maximum atomic E-state index is 13.5. The Morgan fingerprint density at radius 1 is 1.04 bits per heavy atom. The molecular formula is C22H17ClN2O. The van der Waals surface area contributed by atoms with Gasteiger partial charge in [-0.15, -0.1) is 0 Å². The van der Waals surface area contributed by atoms with Gasteiger partial charge in [0.05, 0.1) is 27.5 Å². The zero-order valence-electron chi connectivity index (χ0n) is 14.6. The van der Waals surface area contributed by atoms with Crippen molar-refractivity contribution in [3.05, 3.63) is 76.5 Å². The van der Waals surface area contributed by atoms with Crippen LogP contribution in [0.15, 0.2) is 54.6 Å². The molecule has 1 amide bonds. The van der Waals surface area contributed by atoms with Gasteiger partial charge < -0.3 is 0 Å². The first-order valence-corrected chi connectivity index (χ1v) is 9.08. The maximum Gasteiger partial charge on any atom is 0.264 e. The van der Waals surface area contributed by atoms with Crippen molar-refractivity contribution in [3.63, 3.8) is 0 Å². The van der Waals surface area contributed by atoms with Gasteiger partial charge in [-0.1, -0.05) is 55.8 Å². The quantitative estimate of drug-likeness (QED) is 0.576. The van der Waals surface area contributed by atoms with Crippen molar-refractivity contribution in [2.75, 3.05) is 4.90 Å². The Kier molecular flexibility index (Phi) is 3.11. The van der Waals surface area contributed by atoms with Gasteiger partial charge in [-0.25, -0.2) is 0 Å². The molecule has 0 saturated carbocycles. The lowest BCUT2D eigenvalue weighted by atomic mass is 9.79. The molecule has 3 aromatic rings. The van der Waals surface area contributed by atoms with Crippen molar-refractivity contribution in [3.8, 4) is 0 Å². The number of rotatable bonds is 1. The van der Waals surface area contributed by atoms with E-state index in [-0.39, 0.29) is 11.3 Å². The summed E-state index contributed by atoms with van der Waals surface area (Å²) < 4.78 is 0. The van der Waals surface area contributed by atoms with E-state index in [1.54, 1.807) is 4.90 Å². The maximum absolute atomic E-state index is 13.5. The van der Waals surface area contributed by atoms with Crippen molar-refractivity contribution in [1.29, 1.82) is 0 Å². The summed E-state index contributed by atoms with van der Waals surface area (Å²) in [7, 11) is 0. The summed E-state index contributed by atoms with van der Waals surface area (Å²) in [6.45, 7) is 4.36. The van der Waals surface area contributed by atoms with Crippen LogP contribution in [0.4, 0.5) is 5.69 Å². The lowest BCUT2D eigenvalue weighted by Crippen LogP contribution is -2.26. The van der Waals surface area contributed by atoms with Crippen molar-refractivity contribution in [1.82, 2.24) is 4.98 Å². The van der Waals surface area contributed by atoms with Crippen LogP contribution in [-0.2, 0) is 6.42 Å². The molecule has 26 heavy (non-hydrogen) atoms. The number of amides is 1. The molecule has 0 N–H and O–H groups in total. The second-order valence-electron chi connectivity index (χ2n) is 7.61. The minimum Gasteiger partial charge on any atom is -0.277 e. The van der Waals surface area contributed by atoms with Crippen LogP contribution in [0.5, 0.6) is 0 Å². The predicted molar refractivity (Wildman–Crippen MR) is 105 cm³/mol. The van der Waals surface area contributed by atoms with Gasteiger partial charge >= 0.3 is 0 Å². The van der Waals surface area contributed by atoms with Crippen molar-refractivity contribution < 1.29 is 4.79 Å². The van der Waals surface area contributed by atoms with E-state index in [4.69, 9.17) is 16.6 Å². The lowest BCUT2D eigenvalue weighted by Gasteiger charge is -2.30. The molecule has 128 valence electrons. The number of hydrogen-bond donors (Lipinski definition) is 0. The average molecular weight is 361 g/mol. The fourth-order valence-electron chi connectivity index (χ4n) is 4.10. The van der Waals surface area contributed by atoms with Crippen LogP contribution in [0.25, 0.3) is 16.6 Å². The molecule has 5 rings (SSSR count). The largest absolute Gasteiger partial charge is 0.277 e. The fourth-order valence-corrected chi connectivity index (χ4v) is 4.36. The van der Waals surface area contributed by atoms with Crippen LogP contribution in [0.3, 0.4) is 0 Å². The van der Waals surface area contributed by atoms with E-state index >= 15 is 0 Å². The van der Waals surface area contributed by atoms with Gasteiger partial charge in [0.2, 0.25) is 0 Å². The Bertz CT molecular complexity index is 1120. The summed E-state index contributed by atoms with van der Waals surface area (Å²) in [5, 5.41) is 1.32. The monoisotopic (exact) mass is 360 g/mol. The summed E-state index contributed by atoms with van der Waals surface area (Å²) >= 11 is 6.49. The molecule has 0 atom stereocenters. The number of allylic oxidation sites excluding steroid dienone is 1. The fraction of sp³-hybridized carbons (Fsp3) is 0.182. The van der Waals surface area contributed by atoms with Gasteiger partial charge in [-0.2, -0.15) is 0 Å². The Labute approximate surface area is 156 Å². The second kappa shape index (κ2) is 5.18. The average Bonchev–Trinajstić information content (AvgIpc) is 2.88. The first-order chi connectivity index (χ1) is 12.5. The molecule has 2 heterocycles. The molecular weight excluding hydrogens is 344 g/mol. The Hall–Kier alpha value is -2.65. The number of aromatic nitrogens is 1. The number of anilines is 1. The van der Waals surface area contributed by atoms with Gasteiger partial charge in [0.1, 0.15) is 0 Å². The van der Waals surface area contributed by atoms with Crippen molar-refractivity contribution in [2.24, 2.45) is 5.41 Å². The highest BCUT2D eigenvalue weighted by Crippen LogP contribution is 2.48. The highest BCUT2D eigenvalue weighted by atomic mass is 35.5. The molecule has 1 aromatic heterocycles. The smallest absolute Gasteiger partial charge is 0.264 e. The number of fused-ring (bicyclic) bond motifs is 2. The summed E-state index contributed by atoms with van der Waals surface area (Å²) in [5.41, 5.74) is 5.10. The molecule has 0 spiro atoms. The first-order valence-electron chi connectivity index (χ1n) is 8.70. The number of benzene rings is 2. The Balaban J connectivity index is 1.90. The Morgan fingerprint density at radius 2 is 1.81 bits per heavy atom. The Morgan fingerprint density at radius 3 is 2.58 bits per heavy atom. The topological polar surface area (TPSA) is 33.2 Å². The molecule has 0 radical (unpaired) electrons. The molecule has 2 aromatic carbocycles. The van der Waals surface area contributed by atoms with Gasteiger partial charge in [0.15, 0.2) is 0 Å². The number of pyridine rings is 1. The van der Waals surface area contributed by atoms with Crippen molar-refractivity contribution in [2.45, 2.75) is 20.3 Å². The molecule has 3 nitrogen and oxygen atoms in total. The van der Waals surface area contributed by atoms with Crippen molar-refractivity contribution >= 4 is 39.8 Å². The molecule has 1 aliphatic heterocycles. The van der Waals surface area contributed by atoms with E-state index in [0.29, 0.717) is 10.6 Å². The lowest BCUT2D eigenvalue weighted by molar-refractivity contribution is 0.101. The zero-order chi connectivity index (χ0) is 18.1. The third-order valence-corrected chi connectivity index (χ3v) is 5.43. The van der Waals surface area contributed by atoms with E-state index in [1.165, 1.54) is 0 Å². The first kappa shape index (κ1) is 15.6. The van der Waals surface area contributed by atoms with E-state index in [9.17, 15) is 4.79 Å². The second-order valence-corrected chi connectivity index (χ2v) is 8.02. The molecule has 1 aliphatic carbocycles. The van der Waals surface area contributed by atoms with E-state index in [1.807, 2.05) is 48.5 Å². The molecule has 0 saturated heterocycles. The number of carbonyl (C=O) groups is 1. The standard InChI is InChI=1S/C22H17ClN2O/c1-22(2)11-16-19-17(12-22)25(13-7-4-3-5-8-13)21(26)20(19)18-14(23)9-6-10-15(18)24-16/h3-10,12H,11H2,1-2H3. The van der Waals surface area contributed by atoms with Crippen LogP contribution < -0.4 is 4.90 Å². The van der Waals surface area contributed by atoms with Gasteiger partial charge in [0.25, 0.3) is 5.91 Å². The summed E-state index contributed by atoms with van der Waals surface area (Å²) in [6, 6.07) is 15.4. The van der Waals surface area contributed by atoms with E-state index in [2.05, 4.69) is 19.9 Å². The number of nitrogens with zero attached hydrogens (tertiary/aromatic N) is 2. The molecule has 4 heteroatoms. The van der Waals surface area contributed by atoms with Crippen LogP contribution in [0.1, 0.15) is 35.5 Å². The predicted octanol–water partition coefficient (Wildman–Crippen LogP) is 5.47. The number of hydrogen-bond acceptors (Lipinski definition) is 2.